The van der Waals surface area contributed by atoms with Gasteiger partial charge in [0, 0.05) is 12.6 Å². The zero-order valence-corrected chi connectivity index (χ0v) is 8.81. The molecular weight excluding hydrogens is 212 g/mol. The van der Waals surface area contributed by atoms with E-state index in [9.17, 15) is 0 Å². The SMILES string of the molecule is NNc1cc(NCCOCCO)nc(N)n1. The van der Waals surface area contributed by atoms with Crippen LogP contribution in [-0.4, -0.2) is 41.4 Å². The molecule has 0 amide bonds. The molecule has 0 saturated carbocycles. The molecule has 8 nitrogen and oxygen atoms in total. The van der Waals surface area contributed by atoms with Gasteiger partial charge in [-0.2, -0.15) is 9.97 Å². The van der Waals surface area contributed by atoms with E-state index in [4.69, 9.17) is 21.4 Å². The smallest absolute Gasteiger partial charge is 0.223 e. The number of nitrogens with one attached hydrogen (secondary N) is 2. The first-order valence-corrected chi connectivity index (χ1v) is 4.80. The number of hydrazine groups is 1. The summed E-state index contributed by atoms with van der Waals surface area (Å²) in [5, 5.41) is 11.5. The number of rotatable bonds is 7. The molecule has 16 heavy (non-hydrogen) atoms. The summed E-state index contributed by atoms with van der Waals surface area (Å²) in [5.74, 6) is 6.34. The number of aliphatic hydroxyl groups excluding tert-OH is 1. The van der Waals surface area contributed by atoms with Crippen molar-refractivity contribution in [2.45, 2.75) is 0 Å². The topological polar surface area (TPSA) is 131 Å². The summed E-state index contributed by atoms with van der Waals surface area (Å²) in [6.07, 6.45) is 0. The molecule has 0 aliphatic heterocycles. The van der Waals surface area contributed by atoms with Crippen LogP contribution in [0.15, 0.2) is 6.07 Å². The van der Waals surface area contributed by atoms with Crippen LogP contribution in [0.1, 0.15) is 0 Å². The van der Waals surface area contributed by atoms with Gasteiger partial charge < -0.3 is 26.3 Å². The maximum atomic E-state index is 8.48. The van der Waals surface area contributed by atoms with E-state index < -0.39 is 0 Å². The van der Waals surface area contributed by atoms with Gasteiger partial charge in [-0.25, -0.2) is 5.84 Å². The Hall–Kier alpha value is -1.64. The van der Waals surface area contributed by atoms with Gasteiger partial charge in [0.25, 0.3) is 0 Å². The second kappa shape index (κ2) is 6.77. The van der Waals surface area contributed by atoms with Crippen molar-refractivity contribution in [1.29, 1.82) is 0 Å². The lowest BCUT2D eigenvalue weighted by Crippen LogP contribution is -2.15. The molecule has 7 N–H and O–H groups in total. The summed E-state index contributed by atoms with van der Waals surface area (Å²) >= 11 is 0. The Bertz CT molecular complexity index is 321. The number of nitrogen functional groups attached to an aromatic ring is 2. The van der Waals surface area contributed by atoms with Gasteiger partial charge >= 0.3 is 0 Å². The molecule has 0 atom stereocenters. The summed E-state index contributed by atoms with van der Waals surface area (Å²) in [6.45, 7) is 1.36. The molecule has 0 aliphatic rings. The fourth-order valence-corrected chi connectivity index (χ4v) is 1.05. The number of anilines is 3. The number of nitrogens with two attached hydrogens (primary N) is 2. The first-order chi connectivity index (χ1) is 7.76. The van der Waals surface area contributed by atoms with Crippen molar-refractivity contribution in [3.63, 3.8) is 0 Å². The van der Waals surface area contributed by atoms with Crippen LogP contribution in [0.5, 0.6) is 0 Å². The number of aromatic nitrogens is 2. The van der Waals surface area contributed by atoms with E-state index in [0.29, 0.717) is 31.4 Å². The fraction of sp³-hybridized carbons (Fsp3) is 0.500. The highest BCUT2D eigenvalue weighted by molar-refractivity contribution is 5.50. The Morgan fingerprint density at radius 2 is 2.06 bits per heavy atom. The fourth-order valence-electron chi connectivity index (χ4n) is 1.05. The molecule has 1 aromatic heterocycles. The van der Waals surface area contributed by atoms with Crippen molar-refractivity contribution >= 4 is 17.6 Å². The lowest BCUT2D eigenvalue weighted by Gasteiger charge is -2.08. The average Bonchev–Trinajstić information content (AvgIpc) is 2.28. The maximum Gasteiger partial charge on any atom is 0.223 e. The summed E-state index contributed by atoms with van der Waals surface area (Å²) < 4.78 is 5.06. The number of hydrogen-bond acceptors (Lipinski definition) is 8. The second-order valence-corrected chi connectivity index (χ2v) is 2.90. The molecule has 0 fully saturated rings. The monoisotopic (exact) mass is 228 g/mol. The molecule has 0 aliphatic carbocycles. The van der Waals surface area contributed by atoms with E-state index in [2.05, 4.69) is 20.7 Å². The molecule has 1 rings (SSSR count). The largest absolute Gasteiger partial charge is 0.394 e. The zero-order valence-electron chi connectivity index (χ0n) is 8.81. The van der Waals surface area contributed by atoms with Crippen molar-refractivity contribution in [1.82, 2.24) is 9.97 Å². The number of hydrogen-bond donors (Lipinski definition) is 5. The van der Waals surface area contributed by atoms with Gasteiger partial charge in [-0.3, -0.25) is 0 Å². The number of ether oxygens (including phenoxy) is 1. The summed E-state index contributed by atoms with van der Waals surface area (Å²) in [4.78, 5) is 7.79. The first-order valence-electron chi connectivity index (χ1n) is 4.80. The zero-order chi connectivity index (χ0) is 11.8. The predicted octanol–water partition coefficient (Wildman–Crippen LogP) is -1.23. The molecule has 0 saturated heterocycles. The summed E-state index contributed by atoms with van der Waals surface area (Å²) in [5.41, 5.74) is 7.85. The van der Waals surface area contributed by atoms with Crippen LogP contribution in [0.25, 0.3) is 0 Å². The van der Waals surface area contributed by atoms with Crippen molar-refractivity contribution in [2.24, 2.45) is 5.84 Å². The van der Waals surface area contributed by atoms with E-state index in [0.717, 1.165) is 0 Å². The molecule has 90 valence electrons. The average molecular weight is 228 g/mol. The normalized spacial score (nSPS) is 10.1. The minimum atomic E-state index is 0.0156. The van der Waals surface area contributed by atoms with Crippen LogP contribution in [0.3, 0.4) is 0 Å². The molecule has 0 aromatic carbocycles. The molecule has 0 bridgehead atoms. The van der Waals surface area contributed by atoms with E-state index in [1.807, 2.05) is 0 Å². The third-order valence-corrected chi connectivity index (χ3v) is 1.68. The number of nitrogens with zero attached hydrogens (tertiary/aromatic N) is 2. The first kappa shape index (κ1) is 12.4. The van der Waals surface area contributed by atoms with Crippen molar-refractivity contribution in [3.8, 4) is 0 Å². The molecular formula is C8H16N6O2. The van der Waals surface area contributed by atoms with Gasteiger partial charge in [-0.05, 0) is 0 Å². The van der Waals surface area contributed by atoms with Gasteiger partial charge in [0.1, 0.15) is 11.6 Å². The molecule has 0 radical (unpaired) electrons. The summed E-state index contributed by atoms with van der Waals surface area (Å²) in [6, 6.07) is 1.63. The minimum absolute atomic E-state index is 0.0156. The highest BCUT2D eigenvalue weighted by Gasteiger charge is 2.00. The Morgan fingerprint density at radius 3 is 2.75 bits per heavy atom. The molecule has 1 aromatic rings. The van der Waals surface area contributed by atoms with Gasteiger partial charge in [-0.1, -0.05) is 0 Å². The standard InChI is InChI=1S/C8H16N6O2/c9-8-12-6(5-7(13-8)14-10)11-1-3-16-4-2-15/h5,15H,1-4,10H2,(H4,9,11,12,13,14). The van der Waals surface area contributed by atoms with Crippen molar-refractivity contribution in [3.05, 3.63) is 6.07 Å². The van der Waals surface area contributed by atoms with E-state index in [1.165, 1.54) is 0 Å². The van der Waals surface area contributed by atoms with Crippen LogP contribution in [-0.2, 0) is 4.74 Å². The molecule has 0 spiro atoms. The highest BCUT2D eigenvalue weighted by atomic mass is 16.5. The van der Waals surface area contributed by atoms with E-state index in [-0.39, 0.29) is 12.6 Å². The van der Waals surface area contributed by atoms with Crippen LogP contribution in [0.2, 0.25) is 0 Å². The summed E-state index contributed by atoms with van der Waals surface area (Å²) in [7, 11) is 0. The Kier molecular flexibility index (Phi) is 5.26. The third-order valence-electron chi connectivity index (χ3n) is 1.68. The molecule has 1 heterocycles. The highest BCUT2D eigenvalue weighted by Crippen LogP contribution is 2.10. The lowest BCUT2D eigenvalue weighted by molar-refractivity contribution is 0.0992. The molecule has 8 heteroatoms. The Labute approximate surface area is 93.0 Å². The van der Waals surface area contributed by atoms with Gasteiger partial charge in [0.15, 0.2) is 0 Å². The van der Waals surface area contributed by atoms with Crippen LogP contribution in [0.4, 0.5) is 17.6 Å². The third kappa shape index (κ3) is 4.26. The van der Waals surface area contributed by atoms with E-state index in [1.54, 1.807) is 6.07 Å². The van der Waals surface area contributed by atoms with Crippen LogP contribution >= 0.6 is 0 Å². The van der Waals surface area contributed by atoms with Crippen LogP contribution in [0, 0.1) is 0 Å². The van der Waals surface area contributed by atoms with Gasteiger partial charge in [-0.15, -0.1) is 0 Å². The molecule has 0 unspecified atom stereocenters. The number of aliphatic hydroxyl groups is 1. The van der Waals surface area contributed by atoms with Crippen molar-refractivity contribution in [2.75, 3.05) is 42.8 Å². The Balaban J connectivity index is 2.38. The van der Waals surface area contributed by atoms with Gasteiger partial charge in [0.2, 0.25) is 5.95 Å². The Morgan fingerprint density at radius 1 is 1.31 bits per heavy atom. The van der Waals surface area contributed by atoms with Gasteiger partial charge in [0.05, 0.1) is 19.8 Å². The minimum Gasteiger partial charge on any atom is -0.394 e. The maximum absolute atomic E-state index is 8.48. The predicted molar refractivity (Wildman–Crippen MR) is 60.6 cm³/mol. The quantitative estimate of drug-likeness (QED) is 0.222. The second-order valence-electron chi connectivity index (χ2n) is 2.90. The van der Waals surface area contributed by atoms with Crippen LogP contribution < -0.4 is 22.3 Å². The van der Waals surface area contributed by atoms with E-state index >= 15 is 0 Å². The lowest BCUT2D eigenvalue weighted by atomic mass is 10.5. The van der Waals surface area contributed by atoms with Crippen molar-refractivity contribution < 1.29 is 9.84 Å².